The molecule has 0 unspecified atom stereocenters. The molecule has 0 heterocycles. The Balaban J connectivity index is 2.71. The molecule has 62 valence electrons. The third kappa shape index (κ3) is 2.32. The number of aliphatic hydroxyl groups is 1. The molecule has 1 aromatic carbocycles. The third-order valence-corrected chi connectivity index (χ3v) is 1.51. The molecule has 1 atom stereocenters. The van der Waals surface area contributed by atoms with Crippen LogP contribution in [0.15, 0.2) is 42.5 Å². The summed E-state index contributed by atoms with van der Waals surface area (Å²) < 4.78 is 0. The second-order valence-corrected chi connectivity index (χ2v) is 2.38. The van der Waals surface area contributed by atoms with Crippen LogP contribution in [-0.2, 0) is 4.79 Å². The van der Waals surface area contributed by atoms with E-state index < -0.39 is 6.10 Å². The predicted octanol–water partition coefficient (Wildman–Crippen LogP) is 1.48. The fourth-order valence-electron chi connectivity index (χ4n) is 0.912. The van der Waals surface area contributed by atoms with Gasteiger partial charge in [-0.05, 0) is 17.7 Å². The Morgan fingerprint density at radius 3 is 2.50 bits per heavy atom. The highest BCUT2D eigenvalue weighted by molar-refractivity contribution is 5.64. The van der Waals surface area contributed by atoms with E-state index >= 15 is 0 Å². The highest BCUT2D eigenvalue weighted by Gasteiger charge is 1.99. The topological polar surface area (TPSA) is 37.3 Å². The van der Waals surface area contributed by atoms with Crippen molar-refractivity contribution in [1.82, 2.24) is 0 Å². The van der Waals surface area contributed by atoms with Crippen molar-refractivity contribution in [3.8, 4) is 0 Å². The van der Waals surface area contributed by atoms with Gasteiger partial charge in [0.1, 0.15) is 6.29 Å². The van der Waals surface area contributed by atoms with E-state index in [-0.39, 0.29) is 0 Å². The molecule has 0 aromatic heterocycles. The van der Waals surface area contributed by atoms with Gasteiger partial charge in [-0.25, -0.2) is 0 Å². The van der Waals surface area contributed by atoms with Crippen molar-refractivity contribution >= 4 is 6.29 Å². The lowest BCUT2D eigenvalue weighted by molar-refractivity contribution is -0.104. The maximum Gasteiger partial charge on any atom is 0.142 e. The Labute approximate surface area is 71.2 Å². The van der Waals surface area contributed by atoms with Crippen molar-refractivity contribution in [2.45, 2.75) is 6.10 Å². The molecule has 1 rings (SSSR count). The largest absolute Gasteiger partial charge is 0.384 e. The summed E-state index contributed by atoms with van der Waals surface area (Å²) in [6, 6.07) is 9.17. The van der Waals surface area contributed by atoms with E-state index in [0.717, 1.165) is 5.56 Å². The van der Waals surface area contributed by atoms with E-state index in [1.54, 1.807) is 12.1 Å². The zero-order chi connectivity index (χ0) is 8.81. The minimum absolute atomic E-state index is 0.645. The molecule has 1 aromatic rings. The van der Waals surface area contributed by atoms with Crippen molar-refractivity contribution in [2.75, 3.05) is 0 Å². The number of carbonyl (C=O) groups excluding carboxylic acids is 1. The molecule has 0 aliphatic carbocycles. The molecule has 0 spiro atoms. The summed E-state index contributed by atoms with van der Waals surface area (Å²) in [5.41, 5.74) is 0.788. The minimum Gasteiger partial charge on any atom is -0.384 e. The number of rotatable bonds is 3. The predicted molar refractivity (Wildman–Crippen MR) is 46.6 cm³/mol. The second kappa shape index (κ2) is 4.46. The molecule has 1 N–H and O–H groups in total. The summed E-state index contributed by atoms with van der Waals surface area (Å²) in [6.45, 7) is 0. The summed E-state index contributed by atoms with van der Waals surface area (Å²) in [5.74, 6) is 0. The third-order valence-electron chi connectivity index (χ3n) is 1.51. The number of aldehydes is 1. The normalized spacial score (nSPS) is 13.1. The maximum atomic E-state index is 9.94. The molecule has 0 aliphatic heterocycles. The Kier molecular flexibility index (Phi) is 3.23. The molecule has 12 heavy (non-hydrogen) atoms. The zero-order valence-electron chi connectivity index (χ0n) is 6.55. The van der Waals surface area contributed by atoms with Crippen molar-refractivity contribution in [3.63, 3.8) is 0 Å². The molecule has 0 radical (unpaired) electrons. The first-order valence-electron chi connectivity index (χ1n) is 3.69. The van der Waals surface area contributed by atoms with Crippen LogP contribution in [0.2, 0.25) is 0 Å². The van der Waals surface area contributed by atoms with E-state index in [1.807, 2.05) is 18.2 Å². The summed E-state index contributed by atoms with van der Waals surface area (Å²) in [4.78, 5) is 9.94. The molecule has 0 amide bonds. The fourth-order valence-corrected chi connectivity index (χ4v) is 0.912. The average Bonchev–Trinajstić information content (AvgIpc) is 2.15. The van der Waals surface area contributed by atoms with Crippen molar-refractivity contribution < 1.29 is 9.90 Å². The van der Waals surface area contributed by atoms with E-state index in [2.05, 4.69) is 0 Å². The molecule has 2 heteroatoms. The average molecular weight is 162 g/mol. The summed E-state index contributed by atoms with van der Waals surface area (Å²) in [5, 5.41) is 9.41. The monoisotopic (exact) mass is 162 g/mol. The highest BCUT2D eigenvalue weighted by atomic mass is 16.3. The van der Waals surface area contributed by atoms with Crippen LogP contribution in [0.5, 0.6) is 0 Å². The van der Waals surface area contributed by atoms with Gasteiger partial charge in [-0.3, -0.25) is 4.79 Å². The first-order valence-corrected chi connectivity index (χ1v) is 3.69. The highest BCUT2D eigenvalue weighted by Crippen LogP contribution is 2.12. The van der Waals surface area contributed by atoms with Crippen LogP contribution in [0, 0.1) is 0 Å². The van der Waals surface area contributed by atoms with Crippen LogP contribution in [0.3, 0.4) is 0 Å². The van der Waals surface area contributed by atoms with Crippen LogP contribution < -0.4 is 0 Å². The Morgan fingerprint density at radius 2 is 1.92 bits per heavy atom. The number of benzene rings is 1. The van der Waals surface area contributed by atoms with Crippen molar-refractivity contribution in [1.29, 1.82) is 0 Å². The van der Waals surface area contributed by atoms with E-state index in [4.69, 9.17) is 0 Å². The fraction of sp³-hybridized carbons (Fsp3) is 0.100. The van der Waals surface area contributed by atoms with Crippen LogP contribution >= 0.6 is 0 Å². The molecule has 0 saturated carbocycles. The lowest BCUT2D eigenvalue weighted by atomic mass is 10.1. The van der Waals surface area contributed by atoms with Crippen LogP contribution in [0.4, 0.5) is 0 Å². The van der Waals surface area contributed by atoms with Gasteiger partial charge in [-0.15, -0.1) is 0 Å². The summed E-state index contributed by atoms with van der Waals surface area (Å²) >= 11 is 0. The number of hydrogen-bond acceptors (Lipinski definition) is 2. The standard InChI is InChI=1S/C10H10O2/c11-8-4-7-10(12)9-5-2-1-3-6-9/h1-8,10,12H/b7-4-/t10-/m0/s1. The van der Waals surface area contributed by atoms with Gasteiger partial charge in [0.15, 0.2) is 0 Å². The molecule has 0 aliphatic rings. The SMILES string of the molecule is O=C/C=C\[C@H](O)c1ccccc1. The Morgan fingerprint density at radius 1 is 1.25 bits per heavy atom. The van der Waals surface area contributed by atoms with Gasteiger partial charge in [-0.2, -0.15) is 0 Å². The lowest BCUT2D eigenvalue weighted by Crippen LogP contribution is -1.91. The number of hydrogen-bond donors (Lipinski definition) is 1. The smallest absolute Gasteiger partial charge is 0.142 e. The second-order valence-electron chi connectivity index (χ2n) is 2.38. The number of allylic oxidation sites excluding steroid dienone is 1. The van der Waals surface area contributed by atoms with Crippen LogP contribution in [0.25, 0.3) is 0 Å². The first kappa shape index (κ1) is 8.68. The zero-order valence-corrected chi connectivity index (χ0v) is 6.55. The number of carbonyl (C=O) groups is 1. The van der Waals surface area contributed by atoms with Crippen molar-refractivity contribution in [3.05, 3.63) is 48.0 Å². The molecule has 0 saturated heterocycles. The lowest BCUT2D eigenvalue weighted by Gasteiger charge is -2.03. The van der Waals surface area contributed by atoms with Gasteiger partial charge in [0, 0.05) is 0 Å². The van der Waals surface area contributed by atoms with E-state index in [1.165, 1.54) is 12.2 Å². The molecule has 2 nitrogen and oxygen atoms in total. The van der Waals surface area contributed by atoms with Gasteiger partial charge < -0.3 is 5.11 Å². The van der Waals surface area contributed by atoms with E-state index in [0.29, 0.717) is 6.29 Å². The molecule has 0 bridgehead atoms. The number of aliphatic hydroxyl groups excluding tert-OH is 1. The van der Waals surface area contributed by atoms with Gasteiger partial charge in [0.2, 0.25) is 0 Å². The van der Waals surface area contributed by atoms with Crippen LogP contribution in [-0.4, -0.2) is 11.4 Å². The molecule has 0 fully saturated rings. The molecular weight excluding hydrogens is 152 g/mol. The first-order chi connectivity index (χ1) is 5.84. The van der Waals surface area contributed by atoms with Crippen LogP contribution in [0.1, 0.15) is 11.7 Å². The van der Waals surface area contributed by atoms with Crippen molar-refractivity contribution in [2.24, 2.45) is 0 Å². The van der Waals surface area contributed by atoms with Gasteiger partial charge in [0.05, 0.1) is 6.10 Å². The Hall–Kier alpha value is -1.41. The van der Waals surface area contributed by atoms with Gasteiger partial charge >= 0.3 is 0 Å². The summed E-state index contributed by atoms with van der Waals surface area (Å²) in [7, 11) is 0. The van der Waals surface area contributed by atoms with Gasteiger partial charge in [0.25, 0.3) is 0 Å². The minimum atomic E-state index is -0.684. The maximum absolute atomic E-state index is 9.94. The summed E-state index contributed by atoms with van der Waals surface area (Å²) in [6.07, 6.45) is 2.70. The quantitative estimate of drug-likeness (QED) is 0.540. The van der Waals surface area contributed by atoms with Gasteiger partial charge in [-0.1, -0.05) is 30.3 Å². The van der Waals surface area contributed by atoms with E-state index in [9.17, 15) is 9.90 Å². The Bertz CT molecular complexity index is 264. The molecular formula is C10H10O2.